The van der Waals surface area contributed by atoms with E-state index in [0.29, 0.717) is 44.0 Å². The quantitative estimate of drug-likeness (QED) is 0.493. The number of amides is 1. The van der Waals surface area contributed by atoms with Crippen LogP contribution in [0, 0.1) is 5.41 Å². The lowest BCUT2D eigenvalue weighted by Gasteiger charge is -2.51. The van der Waals surface area contributed by atoms with Gasteiger partial charge in [-0.15, -0.1) is 0 Å². The number of carbonyl (C=O) groups is 1. The Labute approximate surface area is 178 Å². The number of aliphatic hydroxyl groups is 1. The molecule has 9 nitrogen and oxygen atoms in total. The second-order valence-corrected chi connectivity index (χ2v) is 8.69. The van der Waals surface area contributed by atoms with Gasteiger partial charge in [0.05, 0.1) is 6.10 Å². The fourth-order valence-electron chi connectivity index (χ4n) is 5.07. The largest absolute Gasteiger partial charge is 0.392 e. The maximum absolute atomic E-state index is 13.3. The highest BCUT2D eigenvalue weighted by Gasteiger charge is 2.46. The van der Waals surface area contributed by atoms with Gasteiger partial charge < -0.3 is 25.6 Å². The molecule has 1 aromatic carbocycles. The number of fused-ring (bicyclic) bond motifs is 1. The number of H-pyrrole nitrogens is 2. The number of piperidine rings is 2. The number of likely N-dealkylation sites (tertiary alicyclic amines) is 1. The molecule has 1 spiro atoms. The van der Waals surface area contributed by atoms with Crippen molar-refractivity contribution in [2.24, 2.45) is 5.41 Å². The van der Waals surface area contributed by atoms with Crippen molar-refractivity contribution in [3.8, 4) is 0 Å². The third-order valence-corrected chi connectivity index (χ3v) is 6.65. The van der Waals surface area contributed by atoms with Crippen molar-refractivity contribution in [2.75, 3.05) is 36.8 Å². The average molecular weight is 422 g/mol. The summed E-state index contributed by atoms with van der Waals surface area (Å²) in [5.41, 5.74) is 6.60. The van der Waals surface area contributed by atoms with Gasteiger partial charge >= 0.3 is 0 Å². The highest BCUT2D eigenvalue weighted by Crippen LogP contribution is 2.40. The topological polar surface area (TPSA) is 131 Å². The minimum atomic E-state index is -0.522. The molecule has 0 aliphatic carbocycles. The molecule has 2 aromatic heterocycles. The number of hydrogen-bond acceptors (Lipinski definition) is 6. The van der Waals surface area contributed by atoms with Crippen molar-refractivity contribution in [1.82, 2.24) is 19.9 Å². The predicted octanol–water partition coefficient (Wildman–Crippen LogP) is 1.33. The number of nitrogens with zero attached hydrogens (tertiary/aromatic N) is 3. The van der Waals surface area contributed by atoms with Crippen LogP contribution in [0.2, 0.25) is 0 Å². The fraction of sp³-hybridized carbons (Fsp3) is 0.409. The van der Waals surface area contributed by atoms with Crippen molar-refractivity contribution in [3.63, 3.8) is 0 Å². The summed E-state index contributed by atoms with van der Waals surface area (Å²) >= 11 is 0. The van der Waals surface area contributed by atoms with Crippen LogP contribution in [0.1, 0.15) is 29.6 Å². The molecule has 31 heavy (non-hydrogen) atoms. The van der Waals surface area contributed by atoms with Crippen LogP contribution >= 0.6 is 0 Å². The molecule has 0 unspecified atom stereocenters. The molecule has 2 atom stereocenters. The van der Waals surface area contributed by atoms with Crippen LogP contribution in [0.3, 0.4) is 0 Å². The second kappa shape index (κ2) is 7.42. The maximum atomic E-state index is 13.3. The molecule has 0 bridgehead atoms. The summed E-state index contributed by atoms with van der Waals surface area (Å²) in [6.45, 7) is 2.23. The first kappa shape index (κ1) is 19.6. The zero-order valence-electron chi connectivity index (χ0n) is 17.2. The van der Waals surface area contributed by atoms with Crippen molar-refractivity contribution in [3.05, 3.63) is 52.4 Å². The van der Waals surface area contributed by atoms with E-state index in [1.54, 1.807) is 0 Å². The number of benzene rings is 1. The molecule has 0 radical (unpaired) electrons. The van der Waals surface area contributed by atoms with Gasteiger partial charge in [-0.3, -0.25) is 14.6 Å². The number of carbonyl (C=O) groups excluding carboxylic acids is 1. The first-order valence-electron chi connectivity index (χ1n) is 10.6. The lowest BCUT2D eigenvalue weighted by Crippen LogP contribution is -2.60. The Morgan fingerprint density at radius 2 is 2.10 bits per heavy atom. The maximum Gasteiger partial charge on any atom is 0.254 e. The summed E-state index contributed by atoms with van der Waals surface area (Å²) in [5, 5.41) is 12.0. The zero-order valence-corrected chi connectivity index (χ0v) is 17.2. The van der Waals surface area contributed by atoms with Crippen molar-refractivity contribution < 1.29 is 9.90 Å². The monoisotopic (exact) mass is 422 g/mol. The summed E-state index contributed by atoms with van der Waals surface area (Å²) < 4.78 is 0. The van der Waals surface area contributed by atoms with Crippen LogP contribution in [0.5, 0.6) is 0 Å². The Hall–Kier alpha value is -3.33. The van der Waals surface area contributed by atoms with E-state index in [0.717, 1.165) is 23.7 Å². The summed E-state index contributed by atoms with van der Waals surface area (Å²) in [4.78, 5) is 38.9. The van der Waals surface area contributed by atoms with E-state index in [9.17, 15) is 14.7 Å². The Morgan fingerprint density at radius 3 is 2.94 bits per heavy atom. The molecule has 162 valence electrons. The number of nitrogen functional groups attached to an aromatic ring is 1. The highest BCUT2D eigenvalue weighted by atomic mass is 16.3. The Morgan fingerprint density at radius 1 is 1.23 bits per heavy atom. The van der Waals surface area contributed by atoms with Gasteiger partial charge in [-0.25, -0.2) is 0 Å². The van der Waals surface area contributed by atoms with E-state index >= 15 is 0 Å². The molecule has 3 aromatic rings. The van der Waals surface area contributed by atoms with E-state index in [-0.39, 0.29) is 17.4 Å². The molecule has 4 heterocycles. The van der Waals surface area contributed by atoms with Crippen molar-refractivity contribution in [2.45, 2.75) is 25.4 Å². The van der Waals surface area contributed by atoms with E-state index in [1.165, 1.54) is 6.07 Å². The molecule has 5 N–H and O–H groups in total. The first-order chi connectivity index (χ1) is 14.9. The number of hydrogen-bond donors (Lipinski definition) is 4. The molecule has 0 saturated carbocycles. The molecule has 2 fully saturated rings. The third-order valence-electron chi connectivity index (χ3n) is 6.65. The van der Waals surface area contributed by atoms with Crippen molar-refractivity contribution >= 4 is 28.6 Å². The van der Waals surface area contributed by atoms with Gasteiger partial charge in [0.25, 0.3) is 11.5 Å². The molecule has 5 rings (SSSR count). The van der Waals surface area contributed by atoms with E-state index in [2.05, 4.69) is 15.0 Å². The standard InChI is InChI=1S/C22H26N6O3/c23-21-25-18(11-19(30)26-21)27-9-5-17(29)22(12-27)6-1-8-28(13-22)20(31)15-2-3-16-14(10-15)4-7-24-16/h2-4,7,10-11,17,24,29H,1,5-6,8-9,12-13H2,(H3,23,25,26,30)/t17-,22-/m0/s1. The van der Waals surface area contributed by atoms with Gasteiger partial charge in [-0.05, 0) is 43.5 Å². The predicted molar refractivity (Wildman–Crippen MR) is 118 cm³/mol. The van der Waals surface area contributed by atoms with Crippen LogP contribution in [-0.4, -0.2) is 63.1 Å². The summed E-state index contributed by atoms with van der Waals surface area (Å²) in [5.74, 6) is 0.558. The van der Waals surface area contributed by atoms with E-state index < -0.39 is 11.5 Å². The second-order valence-electron chi connectivity index (χ2n) is 8.69. The lowest BCUT2D eigenvalue weighted by molar-refractivity contribution is -0.0362. The van der Waals surface area contributed by atoms with Gasteiger partial charge in [-0.1, -0.05) is 0 Å². The molecular formula is C22H26N6O3. The Balaban J connectivity index is 1.40. The zero-order chi connectivity index (χ0) is 21.6. The molecule has 9 heteroatoms. The summed E-state index contributed by atoms with van der Waals surface area (Å²) in [7, 11) is 0. The Bertz CT molecular complexity index is 1190. The van der Waals surface area contributed by atoms with Crippen LogP contribution in [0.15, 0.2) is 41.3 Å². The van der Waals surface area contributed by atoms with Gasteiger partial charge in [0.1, 0.15) is 5.82 Å². The lowest BCUT2D eigenvalue weighted by atomic mass is 9.71. The number of nitrogens with one attached hydrogen (secondary N) is 2. The van der Waals surface area contributed by atoms with Gasteiger partial charge in [0.2, 0.25) is 5.95 Å². The van der Waals surface area contributed by atoms with Crippen LogP contribution in [-0.2, 0) is 0 Å². The minimum Gasteiger partial charge on any atom is -0.392 e. The minimum absolute atomic E-state index is 0.0231. The number of aromatic nitrogens is 3. The average Bonchev–Trinajstić information content (AvgIpc) is 3.22. The molecule has 2 aliphatic heterocycles. The van der Waals surface area contributed by atoms with Crippen LogP contribution in [0.4, 0.5) is 11.8 Å². The van der Waals surface area contributed by atoms with Gasteiger partial charge in [0, 0.05) is 60.3 Å². The van der Waals surface area contributed by atoms with Gasteiger partial charge in [-0.2, -0.15) is 4.98 Å². The van der Waals surface area contributed by atoms with E-state index in [1.807, 2.05) is 40.3 Å². The third kappa shape index (κ3) is 3.54. The number of rotatable bonds is 2. The summed E-state index contributed by atoms with van der Waals surface area (Å²) in [6.07, 6.45) is 3.51. The highest BCUT2D eigenvalue weighted by molar-refractivity contribution is 5.98. The smallest absolute Gasteiger partial charge is 0.254 e. The van der Waals surface area contributed by atoms with Gasteiger partial charge in [0.15, 0.2) is 0 Å². The molecule has 1 amide bonds. The van der Waals surface area contributed by atoms with Crippen molar-refractivity contribution in [1.29, 1.82) is 0 Å². The molecule has 2 aliphatic rings. The van der Waals surface area contributed by atoms with Crippen LogP contribution in [0.25, 0.3) is 10.9 Å². The molecular weight excluding hydrogens is 396 g/mol. The Kier molecular flexibility index (Phi) is 4.70. The number of aromatic amines is 2. The fourth-order valence-corrected chi connectivity index (χ4v) is 5.07. The van der Waals surface area contributed by atoms with Crippen LogP contribution < -0.4 is 16.2 Å². The first-order valence-corrected chi connectivity index (χ1v) is 10.6. The summed E-state index contributed by atoms with van der Waals surface area (Å²) in [6, 6.07) is 9.05. The normalized spacial score (nSPS) is 24.1. The number of aliphatic hydroxyl groups excluding tert-OH is 1. The SMILES string of the molecule is Nc1nc(N2CC[C@H](O)[C@@]3(CCCN(C(=O)c4ccc5[nH]ccc5c4)C3)C2)cc(=O)[nH]1. The number of anilines is 2. The van der Waals surface area contributed by atoms with E-state index in [4.69, 9.17) is 5.73 Å². The number of nitrogens with two attached hydrogens (primary N) is 1. The molecule has 2 saturated heterocycles.